The zero-order chi connectivity index (χ0) is 22.1. The summed E-state index contributed by atoms with van der Waals surface area (Å²) < 4.78 is 36.1. The molecule has 0 spiro atoms. The van der Waals surface area contributed by atoms with Gasteiger partial charge in [0.05, 0.1) is 24.3 Å². The van der Waals surface area contributed by atoms with Gasteiger partial charge in [-0.25, -0.2) is 22.9 Å². The quantitative estimate of drug-likeness (QED) is 0.611. The third kappa shape index (κ3) is 4.76. The summed E-state index contributed by atoms with van der Waals surface area (Å²) in [7, 11) is -3.03. The monoisotopic (exact) mass is 445 g/mol. The summed E-state index contributed by atoms with van der Waals surface area (Å²) in [5.74, 6) is 0.957. The van der Waals surface area contributed by atoms with Crippen molar-refractivity contribution in [3.63, 3.8) is 0 Å². The Morgan fingerprint density at radius 1 is 1.26 bits per heavy atom. The van der Waals surface area contributed by atoms with Crippen LogP contribution in [0.15, 0.2) is 36.7 Å². The molecule has 1 aliphatic heterocycles. The van der Waals surface area contributed by atoms with Crippen LogP contribution in [0.4, 0.5) is 0 Å². The molecule has 1 fully saturated rings. The number of fused-ring (bicyclic) bond motifs is 1. The predicted molar refractivity (Wildman–Crippen MR) is 112 cm³/mol. The molecule has 1 saturated heterocycles. The van der Waals surface area contributed by atoms with E-state index in [9.17, 15) is 13.2 Å². The number of pyridine rings is 2. The molecule has 10 nitrogen and oxygen atoms in total. The van der Waals surface area contributed by atoms with Crippen LogP contribution in [0.5, 0.6) is 17.4 Å². The number of ether oxygens (including phenoxy) is 2. The number of nitrogens with one attached hydrogen (secondary N) is 1. The van der Waals surface area contributed by atoms with Crippen molar-refractivity contribution in [2.75, 3.05) is 18.1 Å². The molecule has 3 aromatic heterocycles. The smallest absolute Gasteiger partial charge is 0.291 e. The molecule has 4 rings (SSSR count). The third-order valence-electron chi connectivity index (χ3n) is 5.10. The van der Waals surface area contributed by atoms with Crippen LogP contribution in [0.2, 0.25) is 0 Å². The normalized spacial score (nSPS) is 17.2. The number of hydrogen-bond donors (Lipinski definition) is 1. The predicted octanol–water partition coefficient (Wildman–Crippen LogP) is 2.01. The van der Waals surface area contributed by atoms with Gasteiger partial charge in [-0.05, 0) is 51.0 Å². The van der Waals surface area contributed by atoms with Crippen molar-refractivity contribution in [2.24, 2.45) is 0 Å². The molecule has 11 heteroatoms. The van der Waals surface area contributed by atoms with Gasteiger partial charge >= 0.3 is 0 Å². The van der Waals surface area contributed by atoms with Gasteiger partial charge in [-0.2, -0.15) is 0 Å². The van der Waals surface area contributed by atoms with Crippen molar-refractivity contribution < 1.29 is 22.7 Å². The van der Waals surface area contributed by atoms with Crippen molar-refractivity contribution in [1.29, 1.82) is 0 Å². The molecule has 0 saturated carbocycles. The minimum Gasteiger partial charge on any atom is -0.488 e. The van der Waals surface area contributed by atoms with Crippen molar-refractivity contribution in [1.82, 2.24) is 24.9 Å². The lowest BCUT2D eigenvalue weighted by Gasteiger charge is -2.33. The highest BCUT2D eigenvalue weighted by molar-refractivity contribution is 7.91. The number of aromatic nitrogens is 4. The number of amides is 1. The third-order valence-corrected chi connectivity index (χ3v) is 6.75. The Kier molecular flexibility index (Phi) is 5.52. The maximum absolute atomic E-state index is 12.7. The first kappa shape index (κ1) is 21.0. The van der Waals surface area contributed by atoms with E-state index in [-0.39, 0.29) is 17.3 Å². The summed E-state index contributed by atoms with van der Waals surface area (Å²) in [4.78, 5) is 21.1. The lowest BCUT2D eigenvalue weighted by molar-refractivity contribution is 0.0889. The Hall–Kier alpha value is -3.21. The number of carbonyl (C=O) groups excluding carboxylic acids is 1. The molecular weight excluding hydrogens is 422 g/mol. The lowest BCUT2D eigenvalue weighted by Crippen LogP contribution is -2.51. The van der Waals surface area contributed by atoms with Crippen molar-refractivity contribution >= 4 is 21.4 Å². The average Bonchev–Trinajstić information content (AvgIpc) is 3.16. The van der Waals surface area contributed by atoms with E-state index in [1.807, 2.05) is 13.8 Å². The maximum Gasteiger partial charge on any atom is 0.291 e. The van der Waals surface area contributed by atoms with Crippen molar-refractivity contribution in [3.05, 3.63) is 42.5 Å². The first-order chi connectivity index (χ1) is 14.8. The van der Waals surface area contributed by atoms with Gasteiger partial charge in [-0.1, -0.05) is 0 Å². The van der Waals surface area contributed by atoms with E-state index in [1.165, 1.54) is 4.52 Å². The van der Waals surface area contributed by atoms with Crippen molar-refractivity contribution in [2.45, 2.75) is 32.2 Å². The molecule has 1 aliphatic rings. The van der Waals surface area contributed by atoms with Crippen LogP contribution in [-0.2, 0) is 9.84 Å². The molecule has 0 bridgehead atoms. The van der Waals surface area contributed by atoms with Crippen LogP contribution >= 0.6 is 0 Å². The first-order valence-electron chi connectivity index (χ1n) is 9.92. The van der Waals surface area contributed by atoms with Gasteiger partial charge in [0.2, 0.25) is 5.82 Å². The standard InChI is InChI=1S/C20H23N5O5S/c1-3-29-15-5-4-10-21-19(15)30-14-6-7-16-22-17(24-25(16)13-14)18(26)23-20(2)8-11-31(27,28)12-9-20/h4-7,10,13H,3,8-9,11-12H2,1-2H3,(H,23,26). The van der Waals surface area contributed by atoms with E-state index in [0.29, 0.717) is 42.5 Å². The number of nitrogens with zero attached hydrogens (tertiary/aromatic N) is 4. The van der Waals surface area contributed by atoms with Crippen molar-refractivity contribution in [3.8, 4) is 17.4 Å². The fraction of sp³-hybridized carbons (Fsp3) is 0.400. The molecule has 164 valence electrons. The van der Waals surface area contributed by atoms with Crippen LogP contribution in [0.3, 0.4) is 0 Å². The number of hydrogen-bond acceptors (Lipinski definition) is 8. The topological polar surface area (TPSA) is 125 Å². The van der Waals surface area contributed by atoms with E-state index in [1.54, 1.807) is 36.7 Å². The molecular formula is C20H23N5O5S. The molecule has 0 atom stereocenters. The van der Waals surface area contributed by atoms with Gasteiger partial charge in [-0.3, -0.25) is 4.79 Å². The van der Waals surface area contributed by atoms with Gasteiger partial charge in [0, 0.05) is 11.7 Å². The Morgan fingerprint density at radius 2 is 2.03 bits per heavy atom. The molecule has 3 aromatic rings. The van der Waals surface area contributed by atoms with Gasteiger partial charge in [-0.15, -0.1) is 5.10 Å². The Balaban J connectivity index is 1.51. The second-order valence-electron chi connectivity index (χ2n) is 7.61. The van der Waals surface area contributed by atoms with Crippen LogP contribution in [-0.4, -0.2) is 57.6 Å². The van der Waals surface area contributed by atoms with Crippen LogP contribution < -0.4 is 14.8 Å². The minimum absolute atomic E-state index is 0.000327. The molecule has 4 heterocycles. The summed E-state index contributed by atoms with van der Waals surface area (Å²) in [5, 5.41) is 7.13. The highest BCUT2D eigenvalue weighted by Crippen LogP contribution is 2.29. The molecule has 0 unspecified atom stereocenters. The Bertz CT molecular complexity index is 1210. The van der Waals surface area contributed by atoms with E-state index < -0.39 is 21.3 Å². The molecule has 0 radical (unpaired) electrons. The largest absolute Gasteiger partial charge is 0.488 e. The zero-order valence-corrected chi connectivity index (χ0v) is 18.1. The fourth-order valence-corrected chi connectivity index (χ4v) is 5.02. The summed E-state index contributed by atoms with van der Waals surface area (Å²) in [6, 6.07) is 6.89. The number of carbonyl (C=O) groups is 1. The first-order valence-corrected chi connectivity index (χ1v) is 11.7. The van der Waals surface area contributed by atoms with E-state index in [2.05, 4.69) is 20.4 Å². The summed E-state index contributed by atoms with van der Waals surface area (Å²) in [6.45, 7) is 4.19. The van der Waals surface area contributed by atoms with Gasteiger partial charge in [0.1, 0.15) is 15.6 Å². The Labute approximate surface area is 179 Å². The van der Waals surface area contributed by atoms with Crippen LogP contribution in [0.25, 0.3) is 5.65 Å². The average molecular weight is 446 g/mol. The molecule has 1 amide bonds. The zero-order valence-electron chi connectivity index (χ0n) is 17.2. The van der Waals surface area contributed by atoms with Crippen LogP contribution in [0.1, 0.15) is 37.3 Å². The molecule has 1 N–H and O–H groups in total. The summed E-state index contributed by atoms with van der Waals surface area (Å²) in [5.41, 5.74) is -0.136. The second kappa shape index (κ2) is 8.14. The van der Waals surface area contributed by atoms with Gasteiger partial charge < -0.3 is 14.8 Å². The highest BCUT2D eigenvalue weighted by atomic mass is 32.2. The summed E-state index contributed by atoms with van der Waals surface area (Å²) >= 11 is 0. The van der Waals surface area contributed by atoms with E-state index >= 15 is 0 Å². The number of sulfone groups is 1. The van der Waals surface area contributed by atoms with Gasteiger partial charge in [0.25, 0.3) is 11.8 Å². The molecule has 0 aliphatic carbocycles. The number of rotatable bonds is 6. The van der Waals surface area contributed by atoms with E-state index in [4.69, 9.17) is 9.47 Å². The minimum atomic E-state index is -3.03. The fourth-order valence-electron chi connectivity index (χ4n) is 3.29. The molecule has 31 heavy (non-hydrogen) atoms. The Morgan fingerprint density at radius 3 is 2.77 bits per heavy atom. The van der Waals surface area contributed by atoms with Gasteiger partial charge in [0.15, 0.2) is 11.4 Å². The molecule has 0 aromatic carbocycles. The maximum atomic E-state index is 12.7. The van der Waals surface area contributed by atoms with Crippen LogP contribution in [0, 0.1) is 0 Å². The second-order valence-corrected chi connectivity index (χ2v) is 9.91. The lowest BCUT2D eigenvalue weighted by atomic mass is 9.95. The van der Waals surface area contributed by atoms with E-state index in [0.717, 1.165) is 0 Å². The highest BCUT2D eigenvalue weighted by Gasteiger charge is 2.35. The SMILES string of the molecule is CCOc1cccnc1Oc1ccc2nc(C(=O)NC3(C)CCS(=O)(=O)CC3)nn2c1. The summed E-state index contributed by atoms with van der Waals surface area (Å²) in [6.07, 6.45) is 3.92.